The van der Waals surface area contributed by atoms with Crippen LogP contribution in [0.5, 0.6) is 0 Å². The zero-order chi connectivity index (χ0) is 15.1. The highest BCUT2D eigenvalue weighted by Gasteiger charge is 2.22. The van der Waals surface area contributed by atoms with E-state index in [0.29, 0.717) is 16.9 Å². The first-order valence-electron chi connectivity index (χ1n) is 6.07. The molecule has 0 spiro atoms. The molecule has 0 bridgehead atoms. The first-order valence-corrected chi connectivity index (χ1v) is 6.44. The zero-order valence-corrected chi connectivity index (χ0v) is 11.6. The van der Waals surface area contributed by atoms with Gasteiger partial charge in [-0.3, -0.25) is 14.7 Å². The maximum atomic E-state index is 13.8. The molecular weight excluding hydrogens is 297 g/mol. The van der Waals surface area contributed by atoms with Gasteiger partial charge in [-0.25, -0.2) is 9.37 Å². The zero-order valence-electron chi connectivity index (χ0n) is 10.9. The van der Waals surface area contributed by atoms with Gasteiger partial charge in [-0.15, -0.1) is 0 Å². The molecule has 1 heterocycles. The van der Waals surface area contributed by atoms with Crippen LogP contribution in [-0.2, 0) is 0 Å². The highest BCUT2D eigenvalue weighted by Crippen LogP contribution is 2.32. The first kappa shape index (κ1) is 13.5. The van der Waals surface area contributed by atoms with Crippen molar-refractivity contribution in [3.8, 4) is 5.69 Å². The van der Waals surface area contributed by atoms with Crippen molar-refractivity contribution in [1.29, 1.82) is 0 Å². The summed E-state index contributed by atoms with van der Waals surface area (Å²) in [7, 11) is 0. The highest BCUT2D eigenvalue weighted by molar-refractivity contribution is 6.31. The molecule has 0 saturated heterocycles. The van der Waals surface area contributed by atoms with Crippen molar-refractivity contribution in [3.05, 3.63) is 63.2 Å². The Morgan fingerprint density at radius 2 is 2.05 bits per heavy atom. The van der Waals surface area contributed by atoms with Crippen LogP contribution in [0.25, 0.3) is 16.7 Å². The van der Waals surface area contributed by atoms with E-state index in [0.717, 1.165) is 12.1 Å². The fourth-order valence-corrected chi connectivity index (χ4v) is 2.46. The number of imidazole rings is 1. The van der Waals surface area contributed by atoms with Gasteiger partial charge < -0.3 is 0 Å². The molecule has 0 fully saturated rings. The van der Waals surface area contributed by atoms with Crippen LogP contribution in [0.15, 0.2) is 36.4 Å². The van der Waals surface area contributed by atoms with Crippen molar-refractivity contribution in [3.63, 3.8) is 0 Å². The predicted molar refractivity (Wildman–Crippen MR) is 77.4 cm³/mol. The van der Waals surface area contributed by atoms with Crippen LogP contribution in [0.3, 0.4) is 0 Å². The number of halogens is 2. The van der Waals surface area contributed by atoms with Crippen molar-refractivity contribution in [2.75, 3.05) is 0 Å². The minimum absolute atomic E-state index is 0.105. The molecule has 0 aliphatic carbocycles. The minimum atomic E-state index is -0.713. The molecular formula is C14H9ClFN3O2. The molecule has 2 aromatic carbocycles. The van der Waals surface area contributed by atoms with E-state index in [1.54, 1.807) is 29.7 Å². The lowest BCUT2D eigenvalue weighted by Gasteiger charge is -2.08. The van der Waals surface area contributed by atoms with Gasteiger partial charge in [-0.1, -0.05) is 23.7 Å². The number of rotatable bonds is 2. The van der Waals surface area contributed by atoms with E-state index in [1.165, 1.54) is 0 Å². The Morgan fingerprint density at radius 1 is 1.33 bits per heavy atom. The number of benzene rings is 2. The normalized spacial score (nSPS) is 11.0. The van der Waals surface area contributed by atoms with Gasteiger partial charge in [0.25, 0.3) is 5.69 Å². The van der Waals surface area contributed by atoms with Crippen molar-refractivity contribution in [1.82, 2.24) is 9.55 Å². The lowest BCUT2D eigenvalue weighted by Crippen LogP contribution is -2.03. The summed E-state index contributed by atoms with van der Waals surface area (Å²) in [6.45, 7) is 1.70. The number of nitro groups is 1. The lowest BCUT2D eigenvalue weighted by molar-refractivity contribution is -0.384. The first-order chi connectivity index (χ1) is 9.99. The second-order valence-electron chi connectivity index (χ2n) is 4.50. The van der Waals surface area contributed by atoms with E-state index < -0.39 is 10.7 Å². The maximum Gasteiger partial charge on any atom is 0.294 e. The Hall–Kier alpha value is -2.47. The predicted octanol–water partition coefficient (Wildman–Crippen LogP) is 4.03. The second kappa shape index (κ2) is 4.82. The van der Waals surface area contributed by atoms with Gasteiger partial charge in [-0.2, -0.15) is 0 Å². The van der Waals surface area contributed by atoms with Gasteiger partial charge in [0.2, 0.25) is 0 Å². The third-order valence-corrected chi connectivity index (χ3v) is 3.47. The number of fused-ring (bicyclic) bond motifs is 1. The van der Waals surface area contributed by atoms with E-state index in [1.807, 2.05) is 6.07 Å². The van der Waals surface area contributed by atoms with Gasteiger partial charge in [0.1, 0.15) is 17.3 Å². The molecule has 5 nitrogen and oxygen atoms in total. The smallest absolute Gasteiger partial charge is 0.290 e. The number of para-hydroxylation sites is 2. The van der Waals surface area contributed by atoms with Gasteiger partial charge >= 0.3 is 0 Å². The summed E-state index contributed by atoms with van der Waals surface area (Å²) in [6.07, 6.45) is 0. The molecule has 21 heavy (non-hydrogen) atoms. The van der Waals surface area contributed by atoms with Gasteiger partial charge in [0, 0.05) is 12.1 Å². The minimum Gasteiger partial charge on any atom is -0.290 e. The van der Waals surface area contributed by atoms with Crippen LogP contribution in [0, 0.1) is 22.9 Å². The Morgan fingerprint density at radius 3 is 2.76 bits per heavy atom. The number of nitro benzene ring substituents is 1. The molecule has 106 valence electrons. The fraction of sp³-hybridized carbons (Fsp3) is 0.0714. The number of aryl methyl sites for hydroxylation is 1. The van der Waals surface area contributed by atoms with Crippen LogP contribution in [0.1, 0.15) is 5.82 Å². The van der Waals surface area contributed by atoms with Crippen LogP contribution < -0.4 is 0 Å². The largest absolute Gasteiger partial charge is 0.294 e. The summed E-state index contributed by atoms with van der Waals surface area (Å²) < 4.78 is 15.3. The summed E-state index contributed by atoms with van der Waals surface area (Å²) in [5, 5.41) is 10.9. The van der Waals surface area contributed by atoms with Crippen LogP contribution in [0.2, 0.25) is 5.02 Å². The molecule has 0 N–H and O–H groups in total. The van der Waals surface area contributed by atoms with E-state index in [2.05, 4.69) is 4.98 Å². The number of hydrogen-bond donors (Lipinski definition) is 0. The summed E-state index contributed by atoms with van der Waals surface area (Å²) in [5.41, 5.74) is 1.18. The van der Waals surface area contributed by atoms with Crippen molar-refractivity contribution < 1.29 is 9.31 Å². The van der Waals surface area contributed by atoms with E-state index in [4.69, 9.17) is 11.6 Å². The van der Waals surface area contributed by atoms with E-state index in [-0.39, 0.29) is 16.4 Å². The summed E-state index contributed by atoms with van der Waals surface area (Å²) in [6, 6.07) is 9.23. The Labute approximate surface area is 123 Å². The fourth-order valence-electron chi connectivity index (χ4n) is 2.30. The Balaban J connectivity index is 2.40. The molecule has 0 atom stereocenters. The topological polar surface area (TPSA) is 61.0 Å². The van der Waals surface area contributed by atoms with Crippen LogP contribution >= 0.6 is 11.6 Å². The average Bonchev–Trinajstić information content (AvgIpc) is 2.77. The van der Waals surface area contributed by atoms with Crippen LogP contribution in [-0.4, -0.2) is 14.5 Å². The van der Waals surface area contributed by atoms with Crippen molar-refractivity contribution in [2.45, 2.75) is 6.92 Å². The van der Waals surface area contributed by atoms with Crippen molar-refractivity contribution in [2.24, 2.45) is 0 Å². The molecule has 0 aliphatic heterocycles. The molecule has 0 unspecified atom stereocenters. The molecule has 7 heteroatoms. The molecule has 3 rings (SSSR count). The second-order valence-corrected chi connectivity index (χ2v) is 4.90. The molecule has 0 aliphatic rings. The quantitative estimate of drug-likeness (QED) is 0.530. The Bertz CT molecular complexity index is 876. The SMILES string of the molecule is Cc1nc2ccccc2n1-c1cc(F)c(Cl)cc1[N+](=O)[O-]. The molecule has 1 aromatic heterocycles. The average molecular weight is 306 g/mol. The van der Waals surface area contributed by atoms with Gasteiger partial charge in [0.05, 0.1) is 21.0 Å². The summed E-state index contributed by atoms with van der Waals surface area (Å²) >= 11 is 5.64. The molecule has 0 saturated carbocycles. The molecule has 0 radical (unpaired) electrons. The van der Waals surface area contributed by atoms with Crippen LogP contribution in [0.4, 0.5) is 10.1 Å². The number of nitrogens with zero attached hydrogens (tertiary/aromatic N) is 3. The molecule has 3 aromatic rings. The number of hydrogen-bond acceptors (Lipinski definition) is 3. The standard InChI is InChI=1S/C14H9ClFN3O2/c1-8-17-11-4-2-3-5-12(11)18(8)13-7-10(16)9(15)6-14(13)19(20)21/h2-7H,1H3. The van der Waals surface area contributed by atoms with Crippen molar-refractivity contribution >= 4 is 28.3 Å². The summed E-state index contributed by atoms with van der Waals surface area (Å²) in [4.78, 5) is 15.0. The van der Waals surface area contributed by atoms with E-state index >= 15 is 0 Å². The third kappa shape index (κ3) is 2.13. The lowest BCUT2D eigenvalue weighted by atomic mass is 10.2. The molecule has 0 amide bonds. The highest BCUT2D eigenvalue weighted by atomic mass is 35.5. The van der Waals surface area contributed by atoms with Gasteiger partial charge in [-0.05, 0) is 19.1 Å². The number of aromatic nitrogens is 2. The van der Waals surface area contributed by atoms with Gasteiger partial charge in [0.15, 0.2) is 0 Å². The monoisotopic (exact) mass is 305 g/mol. The van der Waals surface area contributed by atoms with E-state index in [9.17, 15) is 14.5 Å². The Kier molecular flexibility index (Phi) is 3.10. The summed E-state index contributed by atoms with van der Waals surface area (Å²) in [5.74, 6) is -0.185. The third-order valence-electron chi connectivity index (χ3n) is 3.18. The maximum absolute atomic E-state index is 13.8.